The fraction of sp³-hybridized carbons (Fsp3) is 0.100. The first kappa shape index (κ1) is 19.6. The number of hydrogen-bond donors (Lipinski definition) is 2. The molecular formula is C20H15F2N5O2S. The summed E-state index contributed by atoms with van der Waals surface area (Å²) in [7, 11) is 0. The zero-order valence-electron chi connectivity index (χ0n) is 15.6. The van der Waals surface area contributed by atoms with Crippen LogP contribution in [-0.2, 0) is 6.42 Å². The highest BCUT2D eigenvalue weighted by atomic mass is 32.1. The van der Waals surface area contributed by atoms with E-state index in [1.54, 1.807) is 6.07 Å². The molecule has 0 radical (unpaired) electrons. The second-order valence-corrected chi connectivity index (χ2v) is 7.24. The molecule has 4 aromatic rings. The van der Waals surface area contributed by atoms with Crippen LogP contribution in [0.4, 0.5) is 14.6 Å². The smallest absolute Gasteiger partial charge is 0.259 e. The van der Waals surface area contributed by atoms with Crippen LogP contribution in [0.1, 0.15) is 23.0 Å². The van der Waals surface area contributed by atoms with Gasteiger partial charge in [-0.3, -0.25) is 14.6 Å². The number of halogens is 2. The van der Waals surface area contributed by atoms with E-state index in [1.807, 2.05) is 24.4 Å². The fourth-order valence-electron chi connectivity index (χ4n) is 2.81. The summed E-state index contributed by atoms with van der Waals surface area (Å²) in [6, 6.07) is 9.34. The lowest BCUT2D eigenvalue weighted by Gasteiger charge is -2.09. The van der Waals surface area contributed by atoms with Gasteiger partial charge >= 0.3 is 0 Å². The number of nitrogens with zero attached hydrogens (tertiary/aromatic N) is 3. The third-order valence-electron chi connectivity index (χ3n) is 4.25. The first-order chi connectivity index (χ1) is 14.4. The quantitative estimate of drug-likeness (QED) is 0.507. The van der Waals surface area contributed by atoms with Crippen molar-refractivity contribution in [3.63, 3.8) is 0 Å². The van der Waals surface area contributed by atoms with E-state index in [4.69, 9.17) is 0 Å². The average Bonchev–Trinajstić information content (AvgIpc) is 3.37. The van der Waals surface area contributed by atoms with Gasteiger partial charge in [-0.2, -0.15) is 9.78 Å². The van der Waals surface area contributed by atoms with Gasteiger partial charge in [0.1, 0.15) is 23.1 Å². The average molecular weight is 427 g/mol. The van der Waals surface area contributed by atoms with Gasteiger partial charge in [0.15, 0.2) is 0 Å². The van der Waals surface area contributed by atoms with Crippen molar-refractivity contribution in [3.8, 4) is 16.5 Å². The van der Waals surface area contributed by atoms with E-state index in [1.165, 1.54) is 22.1 Å². The molecule has 3 aromatic heterocycles. The van der Waals surface area contributed by atoms with Crippen molar-refractivity contribution in [3.05, 3.63) is 81.1 Å². The minimum absolute atomic E-state index is 0.108. The molecule has 0 bridgehead atoms. The molecule has 0 unspecified atom stereocenters. The van der Waals surface area contributed by atoms with Crippen molar-refractivity contribution in [2.24, 2.45) is 0 Å². The highest BCUT2D eigenvalue weighted by Gasteiger charge is 2.19. The molecule has 1 amide bonds. The molecule has 4 rings (SSSR count). The van der Waals surface area contributed by atoms with E-state index in [2.05, 4.69) is 20.4 Å². The van der Waals surface area contributed by atoms with Crippen LogP contribution in [0.5, 0.6) is 0 Å². The van der Waals surface area contributed by atoms with Gasteiger partial charge in [-0.25, -0.2) is 13.8 Å². The number of carbonyl (C=O) groups excluding carboxylic acids is 1. The molecule has 1 aromatic carbocycles. The number of thiophene rings is 1. The van der Waals surface area contributed by atoms with Gasteiger partial charge in [0.05, 0.1) is 10.4 Å². The molecule has 0 saturated heterocycles. The molecule has 0 aliphatic carbocycles. The molecule has 30 heavy (non-hydrogen) atoms. The minimum atomic E-state index is -0.989. The van der Waals surface area contributed by atoms with Crippen LogP contribution < -0.4 is 10.9 Å². The standard InChI is InChI=1S/C20H15F2N5O2S/c1-2-12-9-18(28)25-20(23-12)27-17(10-15(26-27)16-4-3-7-30-16)24-19(29)13-6-5-11(21)8-14(13)22/h3-10H,2H2,1H3,(H,24,29)(H,23,25,28). The summed E-state index contributed by atoms with van der Waals surface area (Å²) in [6.45, 7) is 1.85. The Morgan fingerprint density at radius 3 is 2.77 bits per heavy atom. The molecule has 0 aliphatic heterocycles. The summed E-state index contributed by atoms with van der Waals surface area (Å²) in [4.78, 5) is 32.4. The Hall–Kier alpha value is -3.66. The number of rotatable bonds is 5. The normalized spacial score (nSPS) is 10.9. The molecule has 0 spiro atoms. The van der Waals surface area contributed by atoms with Crippen LogP contribution in [0.2, 0.25) is 0 Å². The van der Waals surface area contributed by atoms with Gasteiger partial charge in [0.25, 0.3) is 11.5 Å². The van der Waals surface area contributed by atoms with Gasteiger partial charge in [-0.1, -0.05) is 13.0 Å². The number of anilines is 1. The van der Waals surface area contributed by atoms with Crippen LogP contribution in [0.3, 0.4) is 0 Å². The van der Waals surface area contributed by atoms with Crippen molar-refractivity contribution >= 4 is 23.1 Å². The lowest BCUT2D eigenvalue weighted by atomic mass is 10.2. The Bertz CT molecular complexity index is 1280. The number of carbonyl (C=O) groups is 1. The fourth-order valence-corrected chi connectivity index (χ4v) is 3.49. The van der Waals surface area contributed by atoms with Crippen LogP contribution in [0.15, 0.2) is 52.6 Å². The van der Waals surface area contributed by atoms with Crippen LogP contribution in [0.25, 0.3) is 16.5 Å². The van der Waals surface area contributed by atoms with Crippen molar-refractivity contribution in [2.75, 3.05) is 5.32 Å². The van der Waals surface area contributed by atoms with Gasteiger partial charge < -0.3 is 5.32 Å². The SMILES string of the molecule is CCc1cc(=O)[nH]c(-n2nc(-c3cccs3)cc2NC(=O)c2ccc(F)cc2F)n1. The van der Waals surface area contributed by atoms with E-state index < -0.39 is 17.5 Å². The third-order valence-corrected chi connectivity index (χ3v) is 5.14. The lowest BCUT2D eigenvalue weighted by Crippen LogP contribution is -2.20. The summed E-state index contributed by atoms with van der Waals surface area (Å²) in [5.74, 6) is -2.29. The first-order valence-corrected chi connectivity index (χ1v) is 9.83. The number of amides is 1. The van der Waals surface area contributed by atoms with E-state index in [0.717, 1.165) is 17.0 Å². The molecule has 0 atom stereocenters. The Morgan fingerprint density at radius 2 is 2.07 bits per heavy atom. The third kappa shape index (κ3) is 3.90. The highest BCUT2D eigenvalue weighted by Crippen LogP contribution is 2.27. The first-order valence-electron chi connectivity index (χ1n) is 8.95. The van der Waals surface area contributed by atoms with E-state index in [9.17, 15) is 18.4 Å². The molecule has 0 saturated carbocycles. The number of aryl methyl sites for hydroxylation is 1. The van der Waals surface area contributed by atoms with E-state index in [0.29, 0.717) is 23.9 Å². The van der Waals surface area contributed by atoms with E-state index >= 15 is 0 Å². The molecular weight excluding hydrogens is 412 g/mol. The van der Waals surface area contributed by atoms with Gasteiger partial charge in [-0.15, -0.1) is 11.3 Å². The Balaban J connectivity index is 1.79. The number of nitrogens with one attached hydrogen (secondary N) is 2. The summed E-state index contributed by atoms with van der Waals surface area (Å²) in [6.07, 6.45) is 0.526. The molecule has 2 N–H and O–H groups in total. The summed E-state index contributed by atoms with van der Waals surface area (Å²) < 4.78 is 28.5. The second-order valence-electron chi connectivity index (χ2n) is 6.30. The number of aromatic nitrogens is 4. The lowest BCUT2D eigenvalue weighted by molar-refractivity contribution is 0.102. The summed E-state index contributed by atoms with van der Waals surface area (Å²) >= 11 is 1.44. The summed E-state index contributed by atoms with van der Waals surface area (Å²) in [5, 5.41) is 8.89. The Kier molecular flexibility index (Phi) is 5.23. The molecule has 152 valence electrons. The van der Waals surface area contributed by atoms with Crippen molar-refractivity contribution in [1.82, 2.24) is 19.7 Å². The van der Waals surface area contributed by atoms with Crippen molar-refractivity contribution in [2.45, 2.75) is 13.3 Å². The molecule has 0 fully saturated rings. The summed E-state index contributed by atoms with van der Waals surface area (Å²) in [5.41, 5.74) is 0.380. The zero-order valence-corrected chi connectivity index (χ0v) is 16.5. The van der Waals surface area contributed by atoms with Gasteiger partial charge in [-0.05, 0) is 30.0 Å². The molecule has 10 heteroatoms. The largest absolute Gasteiger partial charge is 0.306 e. The van der Waals surface area contributed by atoms with Gasteiger partial charge in [0.2, 0.25) is 5.95 Å². The predicted octanol–water partition coefficient (Wildman–Crippen LogP) is 3.78. The van der Waals surface area contributed by atoms with Gasteiger partial charge in [0, 0.05) is 23.9 Å². The Morgan fingerprint density at radius 1 is 1.23 bits per heavy atom. The minimum Gasteiger partial charge on any atom is -0.306 e. The maximum Gasteiger partial charge on any atom is 0.259 e. The number of hydrogen-bond acceptors (Lipinski definition) is 5. The monoisotopic (exact) mass is 427 g/mol. The van der Waals surface area contributed by atoms with Crippen molar-refractivity contribution < 1.29 is 13.6 Å². The molecule has 3 heterocycles. The number of benzene rings is 1. The molecule has 0 aliphatic rings. The second kappa shape index (κ2) is 7.99. The molecule has 7 nitrogen and oxygen atoms in total. The van der Waals surface area contributed by atoms with Crippen molar-refractivity contribution in [1.29, 1.82) is 0 Å². The highest BCUT2D eigenvalue weighted by molar-refractivity contribution is 7.13. The predicted molar refractivity (Wildman–Crippen MR) is 109 cm³/mol. The number of H-pyrrole nitrogens is 1. The van der Waals surface area contributed by atoms with Crippen LogP contribution in [0, 0.1) is 11.6 Å². The zero-order chi connectivity index (χ0) is 21.3. The van der Waals surface area contributed by atoms with Crippen LogP contribution in [-0.4, -0.2) is 25.7 Å². The number of aromatic amines is 1. The topological polar surface area (TPSA) is 92.7 Å². The maximum absolute atomic E-state index is 14.0. The Labute approximate surface area is 173 Å². The van der Waals surface area contributed by atoms with E-state index in [-0.39, 0.29) is 22.9 Å². The van der Waals surface area contributed by atoms with Crippen LogP contribution >= 0.6 is 11.3 Å². The maximum atomic E-state index is 14.0.